The van der Waals surface area contributed by atoms with Gasteiger partial charge in [-0.05, 0) is 31.3 Å². The molecule has 0 N–H and O–H groups in total. The van der Waals surface area contributed by atoms with Crippen LogP contribution in [0.25, 0.3) is 0 Å². The molecule has 1 heterocycles. The third-order valence-electron chi connectivity index (χ3n) is 2.30. The first-order valence-corrected chi connectivity index (χ1v) is 3.86. The molecule has 58 valence electrons. The summed E-state index contributed by atoms with van der Waals surface area (Å²) in [5, 5.41) is 0. The maximum absolute atomic E-state index is 10.2. The van der Waals surface area contributed by atoms with E-state index in [2.05, 4.69) is 13.8 Å². The minimum atomic E-state index is 0. The van der Waals surface area contributed by atoms with E-state index in [0.29, 0.717) is 11.8 Å². The number of nitrogens with zero attached hydrogens (tertiary/aromatic N) is 1. The van der Waals surface area contributed by atoms with Crippen LogP contribution in [0.3, 0.4) is 0 Å². The molecule has 1 rings (SSSR count). The Morgan fingerprint density at radius 3 is 2.45 bits per heavy atom. The van der Waals surface area contributed by atoms with Crippen molar-refractivity contribution >= 4 is 6.41 Å². The SMILES string of the molecule is CC(C)C1CCN([C-]=O)C1.[Rb+]. The van der Waals surface area contributed by atoms with E-state index in [1.165, 1.54) is 0 Å². The molecule has 11 heavy (non-hydrogen) atoms. The van der Waals surface area contributed by atoms with E-state index in [9.17, 15) is 4.79 Å². The molecule has 0 spiro atoms. The predicted octanol–water partition coefficient (Wildman–Crippen LogP) is -1.96. The van der Waals surface area contributed by atoms with Crippen molar-refractivity contribution < 1.29 is 63.0 Å². The molecule has 1 fully saturated rings. The van der Waals surface area contributed by atoms with Gasteiger partial charge in [-0.25, -0.2) is 0 Å². The fraction of sp³-hybridized carbons (Fsp3) is 0.875. The second-order valence-corrected chi connectivity index (χ2v) is 3.33. The van der Waals surface area contributed by atoms with Crippen molar-refractivity contribution in [2.24, 2.45) is 11.8 Å². The molecule has 0 aromatic rings. The Morgan fingerprint density at radius 1 is 1.55 bits per heavy atom. The zero-order valence-corrected chi connectivity index (χ0v) is 12.5. The molecule has 1 unspecified atom stereocenters. The van der Waals surface area contributed by atoms with Gasteiger partial charge in [0.1, 0.15) is 0 Å². The van der Waals surface area contributed by atoms with Crippen molar-refractivity contribution in [1.29, 1.82) is 0 Å². The number of likely N-dealkylation sites (tertiary alicyclic amines) is 1. The maximum atomic E-state index is 10.2. The van der Waals surface area contributed by atoms with E-state index < -0.39 is 0 Å². The molecule has 0 saturated carbocycles. The number of hydrogen-bond donors (Lipinski definition) is 0. The van der Waals surface area contributed by atoms with Crippen LogP contribution in [0.5, 0.6) is 0 Å². The van der Waals surface area contributed by atoms with Gasteiger partial charge in [0.15, 0.2) is 0 Å². The quantitative estimate of drug-likeness (QED) is 0.500. The summed E-state index contributed by atoms with van der Waals surface area (Å²) in [7, 11) is 0. The van der Waals surface area contributed by atoms with Gasteiger partial charge in [-0.3, -0.25) is 0 Å². The van der Waals surface area contributed by atoms with Crippen molar-refractivity contribution in [1.82, 2.24) is 4.90 Å². The van der Waals surface area contributed by atoms with Crippen LogP contribution >= 0.6 is 0 Å². The summed E-state index contributed by atoms with van der Waals surface area (Å²) in [5.74, 6) is 1.42. The summed E-state index contributed by atoms with van der Waals surface area (Å²) in [6.45, 7) is 6.24. The van der Waals surface area contributed by atoms with Crippen LogP contribution < -0.4 is 58.2 Å². The van der Waals surface area contributed by atoms with Gasteiger partial charge >= 0.3 is 58.2 Å². The van der Waals surface area contributed by atoms with Crippen LogP contribution in [0, 0.1) is 11.8 Å². The molecule has 3 heteroatoms. The molecule has 0 bridgehead atoms. The number of rotatable bonds is 2. The summed E-state index contributed by atoms with van der Waals surface area (Å²) in [6.07, 6.45) is 3.09. The van der Waals surface area contributed by atoms with Crippen molar-refractivity contribution in [2.45, 2.75) is 20.3 Å². The van der Waals surface area contributed by atoms with E-state index in [0.717, 1.165) is 19.5 Å². The van der Waals surface area contributed by atoms with E-state index in [1.807, 2.05) is 6.41 Å². The van der Waals surface area contributed by atoms with Crippen LogP contribution in [-0.4, -0.2) is 24.4 Å². The second-order valence-electron chi connectivity index (χ2n) is 3.33. The number of carbonyl (C=O) groups excluding carboxylic acids is 1. The molecule has 1 saturated heterocycles. The number of hydrogen-bond acceptors (Lipinski definition) is 1. The van der Waals surface area contributed by atoms with Crippen molar-refractivity contribution in [2.75, 3.05) is 13.1 Å². The van der Waals surface area contributed by atoms with Crippen LogP contribution in [0.4, 0.5) is 0 Å². The molecule has 1 atom stereocenters. The van der Waals surface area contributed by atoms with Gasteiger partial charge < -0.3 is 9.69 Å². The molecule has 0 aromatic heterocycles. The molecular weight excluding hydrogens is 212 g/mol. The third kappa shape index (κ3) is 3.66. The zero-order chi connectivity index (χ0) is 7.56. The summed E-state index contributed by atoms with van der Waals surface area (Å²) in [6, 6.07) is 0. The minimum Gasteiger partial charge on any atom is -0.520 e. The smallest absolute Gasteiger partial charge is 0.520 e. The summed E-state index contributed by atoms with van der Waals surface area (Å²) >= 11 is 0. The van der Waals surface area contributed by atoms with Crippen molar-refractivity contribution in [3.05, 3.63) is 0 Å². The fourth-order valence-electron chi connectivity index (χ4n) is 1.41. The monoisotopic (exact) mass is 225 g/mol. The van der Waals surface area contributed by atoms with Crippen molar-refractivity contribution in [3.8, 4) is 0 Å². The number of amides is 1. The summed E-state index contributed by atoms with van der Waals surface area (Å²) < 4.78 is 0. The predicted molar refractivity (Wildman–Crippen MR) is 40.2 cm³/mol. The standard InChI is InChI=1S/C8H14NO.Rb/c1-7(2)8-3-4-9(5-8)6-10;/h7-8H,3-5H2,1-2H3;/q-1;+1. The van der Waals surface area contributed by atoms with Gasteiger partial charge in [0.2, 0.25) is 0 Å². The van der Waals surface area contributed by atoms with E-state index in [-0.39, 0.29) is 58.2 Å². The van der Waals surface area contributed by atoms with Gasteiger partial charge in [-0.1, -0.05) is 13.8 Å². The Balaban J connectivity index is 0.000001000. The first-order chi connectivity index (χ1) is 4.74. The topological polar surface area (TPSA) is 20.3 Å². The summed E-state index contributed by atoms with van der Waals surface area (Å²) in [5.41, 5.74) is 0. The molecule has 0 aromatic carbocycles. The molecule has 0 radical (unpaired) electrons. The molecule has 1 amide bonds. The van der Waals surface area contributed by atoms with E-state index in [4.69, 9.17) is 0 Å². The first-order valence-electron chi connectivity index (χ1n) is 3.86. The van der Waals surface area contributed by atoms with Gasteiger partial charge in [-0.15, -0.1) is 0 Å². The average Bonchev–Trinajstić information content (AvgIpc) is 2.34. The van der Waals surface area contributed by atoms with Crippen LogP contribution in [-0.2, 0) is 4.79 Å². The Hall–Kier alpha value is 1.28. The molecule has 0 aliphatic carbocycles. The zero-order valence-electron chi connectivity index (χ0n) is 7.63. The Bertz CT molecular complexity index is 127. The van der Waals surface area contributed by atoms with Crippen LogP contribution in [0.15, 0.2) is 0 Å². The fourth-order valence-corrected chi connectivity index (χ4v) is 1.41. The first kappa shape index (κ1) is 12.3. The second kappa shape index (κ2) is 5.84. The van der Waals surface area contributed by atoms with E-state index >= 15 is 0 Å². The molecule has 2 nitrogen and oxygen atoms in total. The molecular formula is C8H14NORb. The largest absolute Gasteiger partial charge is 1.00 e. The van der Waals surface area contributed by atoms with E-state index in [1.54, 1.807) is 4.90 Å². The van der Waals surface area contributed by atoms with Gasteiger partial charge in [0, 0.05) is 0 Å². The Kier molecular flexibility index (Phi) is 6.52. The molecule has 1 aliphatic heterocycles. The Labute approximate surface area is 118 Å². The van der Waals surface area contributed by atoms with Crippen LogP contribution in [0.1, 0.15) is 20.3 Å². The van der Waals surface area contributed by atoms with Gasteiger partial charge in [-0.2, -0.15) is 6.41 Å². The average molecular weight is 226 g/mol. The minimum absolute atomic E-state index is 0. The van der Waals surface area contributed by atoms with Crippen molar-refractivity contribution in [3.63, 3.8) is 0 Å². The summed E-state index contributed by atoms with van der Waals surface area (Å²) in [4.78, 5) is 11.9. The third-order valence-corrected chi connectivity index (χ3v) is 2.30. The van der Waals surface area contributed by atoms with Crippen LogP contribution in [0.2, 0.25) is 0 Å². The normalized spacial score (nSPS) is 23.5. The molecule has 1 aliphatic rings. The van der Waals surface area contributed by atoms with Gasteiger partial charge in [0.05, 0.1) is 0 Å². The maximum Gasteiger partial charge on any atom is 1.00 e. The Morgan fingerprint density at radius 2 is 2.18 bits per heavy atom. The van der Waals surface area contributed by atoms with Gasteiger partial charge in [0.25, 0.3) is 0 Å².